The summed E-state index contributed by atoms with van der Waals surface area (Å²) in [5, 5.41) is 26.4. The predicted octanol–water partition coefficient (Wildman–Crippen LogP) is 9.69. The van der Waals surface area contributed by atoms with Gasteiger partial charge in [-0.05, 0) is 96.3 Å². The molecule has 272 valence electrons. The molecule has 2 N–H and O–H groups in total. The van der Waals surface area contributed by atoms with Crippen molar-refractivity contribution in [2.45, 2.75) is 66.8 Å². The third-order valence-corrected chi connectivity index (χ3v) is 12.1. The Bertz CT molecular complexity index is 1890. The van der Waals surface area contributed by atoms with Crippen LogP contribution in [-0.2, 0) is 9.57 Å². The first-order chi connectivity index (χ1) is 25.6. The molecule has 0 aromatic heterocycles. The van der Waals surface area contributed by atoms with E-state index in [1.165, 1.54) is 0 Å². The van der Waals surface area contributed by atoms with Crippen LogP contribution in [0.5, 0.6) is 17.2 Å². The Morgan fingerprint density at radius 1 is 0.885 bits per heavy atom. The van der Waals surface area contributed by atoms with Crippen molar-refractivity contribution < 1.29 is 29.3 Å². The summed E-state index contributed by atoms with van der Waals surface area (Å²) < 4.78 is 20.9. The normalized spacial score (nSPS) is 25.5. The Morgan fingerprint density at radius 3 is 2.38 bits per heavy atom. The minimum absolute atomic E-state index is 0.00670. The molecule has 1 saturated carbocycles. The Labute approximate surface area is 311 Å². The van der Waals surface area contributed by atoms with Gasteiger partial charge in [-0.15, -0.1) is 18.3 Å². The summed E-state index contributed by atoms with van der Waals surface area (Å²) in [7, 11) is 1.61. The molecule has 7 rings (SSSR count). The summed E-state index contributed by atoms with van der Waals surface area (Å²) in [6.45, 7) is 4.69. The topological polar surface area (TPSA) is 89.7 Å². The van der Waals surface area contributed by atoms with Gasteiger partial charge in [-0.1, -0.05) is 78.7 Å². The van der Waals surface area contributed by atoms with Gasteiger partial charge in [-0.3, -0.25) is 0 Å². The van der Waals surface area contributed by atoms with Crippen molar-refractivity contribution in [3.05, 3.63) is 121 Å². The molecule has 8 heteroatoms. The largest absolute Gasteiger partial charge is 0.460 e. The molecule has 0 saturated heterocycles. The molecule has 3 aliphatic rings. The highest BCUT2D eigenvalue weighted by Crippen LogP contribution is 2.63. The zero-order valence-corrected chi connectivity index (χ0v) is 30.7. The number of rotatable bonds is 16. The summed E-state index contributed by atoms with van der Waals surface area (Å²) in [6.07, 6.45) is 9.97. The van der Waals surface area contributed by atoms with Crippen LogP contribution >= 0.6 is 11.8 Å². The molecule has 2 aliphatic carbocycles. The first kappa shape index (κ1) is 36.3. The molecule has 6 atom stereocenters. The number of hydrogen-bond acceptors (Lipinski definition) is 8. The third kappa shape index (κ3) is 7.40. The molecule has 0 spiro atoms. The second-order valence-corrected chi connectivity index (χ2v) is 15.2. The molecule has 0 unspecified atom stereocenters. The summed E-state index contributed by atoms with van der Waals surface area (Å²) in [6, 6.07) is 31.1. The van der Waals surface area contributed by atoms with Crippen molar-refractivity contribution in [2.75, 3.05) is 26.9 Å². The molecule has 52 heavy (non-hydrogen) atoms. The maximum Gasteiger partial charge on any atom is 0.231 e. The molecule has 0 amide bonds. The molecule has 4 aromatic rings. The third-order valence-electron chi connectivity index (χ3n) is 10.8. The quantitative estimate of drug-likeness (QED) is 0.0677. The molecule has 0 radical (unpaired) electrons. The summed E-state index contributed by atoms with van der Waals surface area (Å²) in [5.74, 6) is 1.51. The summed E-state index contributed by atoms with van der Waals surface area (Å²) in [5.41, 5.74) is 3.12. The highest BCUT2D eigenvalue weighted by atomic mass is 32.2. The molecule has 4 aromatic carbocycles. The van der Waals surface area contributed by atoms with Gasteiger partial charge < -0.3 is 29.3 Å². The van der Waals surface area contributed by atoms with Crippen LogP contribution in [0.1, 0.15) is 56.4 Å². The Balaban J connectivity index is 1.39. The number of nitrogens with zero attached hydrogens (tertiary/aromatic N) is 1. The van der Waals surface area contributed by atoms with Crippen molar-refractivity contribution in [1.29, 1.82) is 0 Å². The van der Waals surface area contributed by atoms with Crippen LogP contribution in [0.4, 0.5) is 0 Å². The van der Waals surface area contributed by atoms with Gasteiger partial charge in [0.25, 0.3) is 0 Å². The van der Waals surface area contributed by atoms with Crippen LogP contribution < -0.4 is 9.47 Å². The minimum Gasteiger partial charge on any atom is -0.460 e. The van der Waals surface area contributed by atoms with Crippen molar-refractivity contribution in [3.63, 3.8) is 0 Å². The van der Waals surface area contributed by atoms with E-state index in [1.807, 2.05) is 36.4 Å². The SMILES string of the molecule is C=CCO[C@@]12Oc3ccc(Oc4ccc5ccccc5c4)cc3[C@H]3[C@H](CCCCO)[C@@H](CCCCO)C=C(C(=NOC)C[C@@H]1Sc1ccccc1)[C@H]32. The lowest BCUT2D eigenvalue weighted by Gasteiger charge is -2.58. The maximum atomic E-state index is 9.87. The van der Waals surface area contributed by atoms with Gasteiger partial charge in [0, 0.05) is 36.0 Å². The average Bonchev–Trinajstić information content (AvgIpc) is 3.17. The molecular formula is C44H49NO6S. The van der Waals surface area contributed by atoms with Crippen LogP contribution in [0.25, 0.3) is 10.8 Å². The van der Waals surface area contributed by atoms with Crippen LogP contribution in [-0.4, -0.2) is 53.9 Å². The van der Waals surface area contributed by atoms with Gasteiger partial charge in [-0.2, -0.15) is 0 Å². The second-order valence-electron chi connectivity index (χ2n) is 14.0. The van der Waals surface area contributed by atoms with Gasteiger partial charge >= 0.3 is 0 Å². The van der Waals surface area contributed by atoms with Crippen LogP contribution in [0.2, 0.25) is 0 Å². The van der Waals surface area contributed by atoms with Gasteiger partial charge in [-0.25, -0.2) is 0 Å². The van der Waals surface area contributed by atoms with Crippen molar-refractivity contribution in [2.24, 2.45) is 22.9 Å². The zero-order valence-electron chi connectivity index (χ0n) is 29.9. The van der Waals surface area contributed by atoms with E-state index in [1.54, 1.807) is 24.9 Å². The lowest BCUT2D eigenvalue weighted by Crippen LogP contribution is -2.64. The number of aliphatic hydroxyl groups excluding tert-OH is 2. The zero-order chi connectivity index (χ0) is 35.9. The van der Waals surface area contributed by atoms with Gasteiger partial charge in [0.1, 0.15) is 24.4 Å². The summed E-state index contributed by atoms with van der Waals surface area (Å²) >= 11 is 1.76. The van der Waals surface area contributed by atoms with Crippen molar-refractivity contribution in [1.82, 2.24) is 0 Å². The number of allylic oxidation sites excluding steroid dienone is 1. The Morgan fingerprint density at radius 2 is 1.62 bits per heavy atom. The fourth-order valence-electron chi connectivity index (χ4n) is 8.63. The van der Waals surface area contributed by atoms with E-state index in [0.717, 1.165) is 88.3 Å². The molecule has 7 nitrogen and oxygen atoms in total. The van der Waals surface area contributed by atoms with E-state index in [4.69, 9.17) is 24.2 Å². The first-order valence-corrected chi connectivity index (χ1v) is 19.5. The number of fused-ring (bicyclic) bond motifs is 3. The van der Waals surface area contributed by atoms with E-state index >= 15 is 0 Å². The van der Waals surface area contributed by atoms with E-state index in [0.29, 0.717) is 13.0 Å². The average molecular weight is 720 g/mol. The molecule has 1 fully saturated rings. The number of hydrogen-bond donors (Lipinski definition) is 2. The highest BCUT2D eigenvalue weighted by Gasteiger charge is 2.64. The van der Waals surface area contributed by atoms with E-state index in [9.17, 15) is 10.2 Å². The van der Waals surface area contributed by atoms with Gasteiger partial charge in [0.15, 0.2) is 0 Å². The minimum atomic E-state index is -1.03. The lowest BCUT2D eigenvalue weighted by atomic mass is 9.56. The monoisotopic (exact) mass is 719 g/mol. The maximum absolute atomic E-state index is 9.87. The Kier molecular flexibility index (Phi) is 11.7. The van der Waals surface area contributed by atoms with Gasteiger partial charge in [0.05, 0.1) is 23.5 Å². The number of oxime groups is 1. The molecule has 0 bridgehead atoms. The lowest BCUT2D eigenvalue weighted by molar-refractivity contribution is -0.223. The number of ether oxygens (including phenoxy) is 3. The smallest absolute Gasteiger partial charge is 0.231 e. The number of unbranched alkanes of at least 4 members (excludes halogenated alkanes) is 2. The second kappa shape index (κ2) is 16.7. The van der Waals surface area contributed by atoms with E-state index in [-0.39, 0.29) is 42.1 Å². The molecule has 1 heterocycles. The molecular weight excluding hydrogens is 671 g/mol. The van der Waals surface area contributed by atoms with Crippen LogP contribution in [0.15, 0.2) is 125 Å². The fraction of sp³-hybridized carbons (Fsp3) is 0.386. The van der Waals surface area contributed by atoms with Crippen LogP contribution in [0, 0.1) is 17.8 Å². The molecule has 1 aliphatic heterocycles. The van der Waals surface area contributed by atoms with Crippen molar-refractivity contribution >= 4 is 28.2 Å². The first-order valence-electron chi connectivity index (χ1n) is 18.6. The Hall–Kier alpha value is -4.08. The van der Waals surface area contributed by atoms with Crippen LogP contribution in [0.3, 0.4) is 0 Å². The highest BCUT2D eigenvalue weighted by molar-refractivity contribution is 8.00. The van der Waals surface area contributed by atoms with Crippen molar-refractivity contribution in [3.8, 4) is 17.2 Å². The van der Waals surface area contributed by atoms with E-state index in [2.05, 4.69) is 67.3 Å². The number of thioether (sulfide) groups is 1. The number of benzene rings is 4. The van der Waals surface area contributed by atoms with Gasteiger partial charge in [0.2, 0.25) is 5.79 Å². The fourth-order valence-corrected chi connectivity index (χ4v) is 9.94. The number of aliphatic hydroxyl groups is 2. The van der Waals surface area contributed by atoms with E-state index < -0.39 is 5.79 Å². The summed E-state index contributed by atoms with van der Waals surface area (Å²) in [4.78, 5) is 6.68. The standard InChI is InChI=1S/C44H49NO6S/c1-3-25-49-44-41(52-35-16-5-4-6-17-35)29-39(45-48-2)37-27-32(15-9-11-23-46)36(18-10-12-24-47)42(43(37)44)38-28-34(21-22-40(38)51-44)50-33-20-19-30-13-7-8-14-31(30)26-33/h3-8,13-14,16-17,19-22,26-28,32,36,41-43,46-47H,1,9-12,15,18,23-25,29H2,2H3/t32-,36+,41-,42+,43+,44+/m0/s1. The predicted molar refractivity (Wildman–Crippen MR) is 208 cm³/mol.